The molecule has 0 bridgehead atoms. The molecule has 0 spiro atoms. The number of nitrogens with one attached hydrogen (secondary N) is 2. The Bertz CT molecular complexity index is 1020. The van der Waals surface area contributed by atoms with Gasteiger partial charge in [-0.1, -0.05) is 18.2 Å². The molecule has 0 unspecified atom stereocenters. The van der Waals surface area contributed by atoms with Gasteiger partial charge < -0.3 is 14.6 Å². The smallest absolute Gasteiger partial charge is 0.335 e. The normalized spacial score (nSPS) is 13.4. The summed E-state index contributed by atoms with van der Waals surface area (Å²) in [4.78, 5) is 45.8. The summed E-state index contributed by atoms with van der Waals surface area (Å²) in [6.07, 6.45) is 1.34. The van der Waals surface area contributed by atoms with Gasteiger partial charge in [-0.3, -0.25) is 20.2 Å². The Morgan fingerprint density at radius 1 is 0.967 bits per heavy atom. The number of ether oxygens (including phenoxy) is 2. The van der Waals surface area contributed by atoms with Crippen molar-refractivity contribution in [3.63, 3.8) is 0 Å². The van der Waals surface area contributed by atoms with Gasteiger partial charge in [-0.25, -0.2) is 9.59 Å². The molecule has 4 amide bonds. The molecule has 9 nitrogen and oxygen atoms in total. The Morgan fingerprint density at radius 2 is 1.63 bits per heavy atom. The molecule has 2 aromatic carbocycles. The highest BCUT2D eigenvalue weighted by molar-refractivity contribution is 6.31. The highest BCUT2D eigenvalue weighted by atomic mass is 16.5. The lowest BCUT2D eigenvalue weighted by molar-refractivity contribution is -0.123. The van der Waals surface area contributed by atoms with Crippen LogP contribution in [0.25, 0.3) is 6.08 Å². The number of rotatable bonds is 7. The van der Waals surface area contributed by atoms with E-state index in [9.17, 15) is 19.2 Å². The average molecular weight is 410 g/mol. The number of carboxylic acid groups (broad SMARTS) is 1. The second-order valence-corrected chi connectivity index (χ2v) is 6.23. The van der Waals surface area contributed by atoms with Crippen molar-refractivity contribution >= 4 is 29.9 Å². The molecule has 0 saturated carbocycles. The third-order valence-corrected chi connectivity index (χ3v) is 4.12. The van der Waals surface area contributed by atoms with Crippen molar-refractivity contribution in [3.05, 3.63) is 64.7 Å². The topological polar surface area (TPSA) is 131 Å². The third-order valence-electron chi connectivity index (χ3n) is 4.12. The number of hydrogen-bond donors (Lipinski definition) is 3. The minimum absolute atomic E-state index is 0.184. The first kappa shape index (κ1) is 20.6. The number of carboxylic acids is 1. The number of benzene rings is 2. The van der Waals surface area contributed by atoms with Gasteiger partial charge in [0.1, 0.15) is 12.2 Å². The lowest BCUT2D eigenvalue weighted by Crippen LogP contribution is -2.51. The van der Waals surface area contributed by atoms with E-state index in [1.807, 2.05) is 10.6 Å². The maximum Gasteiger partial charge on any atom is 0.335 e. The fourth-order valence-electron chi connectivity index (χ4n) is 2.68. The Kier molecular flexibility index (Phi) is 6.11. The first-order chi connectivity index (χ1) is 14.4. The van der Waals surface area contributed by atoms with Gasteiger partial charge in [0.15, 0.2) is 11.5 Å². The maximum atomic E-state index is 11.9. The minimum Gasteiger partial charge on any atom is -0.490 e. The summed E-state index contributed by atoms with van der Waals surface area (Å²) in [7, 11) is 0. The molecular weight excluding hydrogens is 392 g/mol. The first-order valence-electron chi connectivity index (χ1n) is 8.97. The monoisotopic (exact) mass is 410 g/mol. The van der Waals surface area contributed by atoms with Gasteiger partial charge in [0.25, 0.3) is 11.8 Å². The maximum absolute atomic E-state index is 11.9. The van der Waals surface area contributed by atoms with Gasteiger partial charge in [-0.05, 0) is 48.4 Å². The summed E-state index contributed by atoms with van der Waals surface area (Å²) in [5.74, 6) is -1.73. The van der Waals surface area contributed by atoms with Crippen LogP contribution >= 0.6 is 0 Å². The zero-order chi connectivity index (χ0) is 21.7. The summed E-state index contributed by atoms with van der Waals surface area (Å²) in [6.45, 7) is 2.35. The second kappa shape index (κ2) is 8.91. The molecule has 0 radical (unpaired) electrons. The van der Waals surface area contributed by atoms with Crippen LogP contribution in [0, 0.1) is 0 Å². The van der Waals surface area contributed by atoms with Gasteiger partial charge in [0.05, 0.1) is 12.2 Å². The zero-order valence-electron chi connectivity index (χ0n) is 15.9. The van der Waals surface area contributed by atoms with E-state index in [-0.39, 0.29) is 17.7 Å². The second-order valence-electron chi connectivity index (χ2n) is 6.23. The molecule has 9 heteroatoms. The quantitative estimate of drug-likeness (QED) is 0.471. The number of imide groups is 2. The van der Waals surface area contributed by atoms with E-state index in [1.54, 1.807) is 37.3 Å². The number of carbonyl (C=O) groups excluding carboxylic acids is 3. The standard InChI is InChI=1S/C21H18N2O7/c1-2-29-17-10-13(9-15-18(24)22-21(28)23-19(15)25)5-8-16(17)30-11-12-3-6-14(7-4-12)20(26)27/h3-10H,2,11H2,1H3,(H,26,27)(H2,22,23,24,25,28). The molecule has 1 fully saturated rings. The highest BCUT2D eigenvalue weighted by Crippen LogP contribution is 2.30. The number of aromatic carboxylic acids is 1. The molecule has 1 aliphatic rings. The van der Waals surface area contributed by atoms with Crippen LogP contribution in [0.5, 0.6) is 11.5 Å². The number of amides is 4. The number of barbiturate groups is 1. The average Bonchev–Trinajstić information content (AvgIpc) is 2.70. The van der Waals surface area contributed by atoms with Crippen LogP contribution in [0.3, 0.4) is 0 Å². The van der Waals surface area contributed by atoms with Crippen LogP contribution in [-0.4, -0.2) is 35.5 Å². The van der Waals surface area contributed by atoms with Crippen molar-refractivity contribution in [2.24, 2.45) is 0 Å². The lowest BCUT2D eigenvalue weighted by Gasteiger charge is -2.15. The van der Waals surface area contributed by atoms with E-state index in [0.717, 1.165) is 5.56 Å². The zero-order valence-corrected chi connectivity index (χ0v) is 15.9. The molecule has 2 aromatic rings. The van der Waals surface area contributed by atoms with Crippen LogP contribution in [0.15, 0.2) is 48.0 Å². The fourth-order valence-corrected chi connectivity index (χ4v) is 2.68. The predicted molar refractivity (Wildman–Crippen MR) is 105 cm³/mol. The largest absolute Gasteiger partial charge is 0.490 e. The van der Waals surface area contributed by atoms with E-state index in [4.69, 9.17) is 14.6 Å². The molecule has 1 saturated heterocycles. The molecule has 0 atom stereocenters. The van der Waals surface area contributed by atoms with Gasteiger partial charge in [0.2, 0.25) is 0 Å². The Morgan fingerprint density at radius 3 is 2.23 bits per heavy atom. The van der Waals surface area contributed by atoms with Gasteiger partial charge in [0, 0.05) is 0 Å². The molecule has 154 valence electrons. The molecule has 1 heterocycles. The Hall–Kier alpha value is -4.14. The third kappa shape index (κ3) is 4.82. The summed E-state index contributed by atoms with van der Waals surface area (Å²) in [6, 6.07) is 10.3. The van der Waals surface area contributed by atoms with Crippen molar-refractivity contribution in [1.82, 2.24) is 10.6 Å². The van der Waals surface area contributed by atoms with Gasteiger partial charge in [-0.2, -0.15) is 0 Å². The van der Waals surface area contributed by atoms with E-state index < -0.39 is 23.8 Å². The molecule has 0 aromatic heterocycles. The van der Waals surface area contributed by atoms with Crippen molar-refractivity contribution in [2.75, 3.05) is 6.61 Å². The highest BCUT2D eigenvalue weighted by Gasteiger charge is 2.27. The van der Waals surface area contributed by atoms with E-state index in [0.29, 0.717) is 23.7 Å². The minimum atomic E-state index is -1.00. The van der Waals surface area contributed by atoms with Crippen LogP contribution in [0.4, 0.5) is 4.79 Å². The van der Waals surface area contributed by atoms with Gasteiger partial charge in [-0.15, -0.1) is 0 Å². The van der Waals surface area contributed by atoms with Crippen LogP contribution in [-0.2, 0) is 16.2 Å². The fraction of sp³-hybridized carbons (Fsp3) is 0.143. The van der Waals surface area contributed by atoms with Crippen molar-refractivity contribution in [3.8, 4) is 11.5 Å². The van der Waals surface area contributed by atoms with Gasteiger partial charge >= 0.3 is 12.0 Å². The summed E-state index contributed by atoms with van der Waals surface area (Å²) < 4.78 is 11.4. The summed E-state index contributed by atoms with van der Waals surface area (Å²) >= 11 is 0. The predicted octanol–water partition coefficient (Wildman–Crippen LogP) is 2.11. The number of hydrogen-bond acceptors (Lipinski definition) is 6. The van der Waals surface area contributed by atoms with E-state index >= 15 is 0 Å². The summed E-state index contributed by atoms with van der Waals surface area (Å²) in [5.41, 5.74) is 1.26. The first-order valence-corrected chi connectivity index (χ1v) is 8.97. The molecule has 3 rings (SSSR count). The molecular formula is C21H18N2O7. The Balaban J connectivity index is 1.78. The molecule has 30 heavy (non-hydrogen) atoms. The number of urea groups is 1. The van der Waals surface area contributed by atoms with Crippen LogP contribution in [0.1, 0.15) is 28.4 Å². The van der Waals surface area contributed by atoms with Crippen molar-refractivity contribution < 1.29 is 33.8 Å². The Labute approximate surface area is 171 Å². The lowest BCUT2D eigenvalue weighted by atomic mass is 10.1. The SMILES string of the molecule is CCOc1cc(C=C2C(=O)NC(=O)NC2=O)ccc1OCc1ccc(C(=O)O)cc1. The van der Waals surface area contributed by atoms with E-state index in [1.165, 1.54) is 18.2 Å². The van der Waals surface area contributed by atoms with Crippen molar-refractivity contribution in [2.45, 2.75) is 13.5 Å². The van der Waals surface area contributed by atoms with Crippen LogP contribution in [0.2, 0.25) is 0 Å². The molecule has 3 N–H and O–H groups in total. The van der Waals surface area contributed by atoms with Crippen molar-refractivity contribution in [1.29, 1.82) is 0 Å². The molecule has 0 aliphatic carbocycles. The van der Waals surface area contributed by atoms with Crippen LogP contribution < -0.4 is 20.1 Å². The molecule has 1 aliphatic heterocycles. The van der Waals surface area contributed by atoms with E-state index in [2.05, 4.69) is 0 Å². The summed E-state index contributed by atoms with van der Waals surface area (Å²) in [5, 5.41) is 13.0. The number of carbonyl (C=O) groups is 4.